The first-order valence-electron chi connectivity index (χ1n) is 8.58. The van der Waals surface area contributed by atoms with Crippen molar-refractivity contribution in [3.8, 4) is 11.3 Å². The Balaban J connectivity index is 1.50. The molecule has 2 aromatic heterocycles. The van der Waals surface area contributed by atoms with E-state index in [0.29, 0.717) is 29.0 Å². The average Bonchev–Trinajstić information content (AvgIpc) is 3.24. The maximum atomic E-state index is 12.3. The lowest BCUT2D eigenvalue weighted by molar-refractivity contribution is -0.120. The summed E-state index contributed by atoms with van der Waals surface area (Å²) in [6, 6.07) is 9.33. The molecule has 0 radical (unpaired) electrons. The minimum atomic E-state index is -0.218. The predicted molar refractivity (Wildman–Crippen MR) is 108 cm³/mol. The number of carbonyl (C=O) groups is 1. The van der Waals surface area contributed by atoms with Crippen LogP contribution in [0.4, 0.5) is 0 Å². The number of hydrogen-bond acceptors (Lipinski definition) is 5. The lowest BCUT2D eigenvalue weighted by atomic mass is 10.2. The number of thioether (sulfide) groups is 1. The second-order valence-electron chi connectivity index (χ2n) is 6.23. The lowest BCUT2D eigenvalue weighted by Crippen LogP contribution is -2.30. The van der Waals surface area contributed by atoms with E-state index >= 15 is 0 Å². The number of oxazole rings is 1. The Hall–Kier alpha value is -2.18. The van der Waals surface area contributed by atoms with Gasteiger partial charge in [-0.3, -0.25) is 4.79 Å². The average molecular weight is 405 g/mol. The maximum absolute atomic E-state index is 12.3. The highest BCUT2D eigenvalue weighted by Gasteiger charge is 2.16. The Kier molecular flexibility index (Phi) is 6.29. The summed E-state index contributed by atoms with van der Waals surface area (Å²) in [6.45, 7) is 6.13. The second-order valence-corrected chi connectivity index (χ2v) is 8.00. The topological polar surface area (TPSA) is 68.3 Å². The molecule has 1 aromatic carbocycles. The molecule has 5 nitrogen and oxygen atoms in total. The van der Waals surface area contributed by atoms with Gasteiger partial charge in [-0.15, -0.1) is 11.8 Å². The third-order valence-corrected chi connectivity index (χ3v) is 5.48. The van der Waals surface area contributed by atoms with E-state index in [1.807, 2.05) is 51.1 Å². The number of halogens is 1. The molecule has 1 amide bonds. The van der Waals surface area contributed by atoms with Gasteiger partial charge in [-0.2, -0.15) is 0 Å². The van der Waals surface area contributed by atoms with Gasteiger partial charge >= 0.3 is 0 Å². The molecule has 0 saturated heterocycles. The number of benzene rings is 1. The minimum Gasteiger partial charge on any atom is -0.466 e. The molecule has 0 bridgehead atoms. The molecule has 0 aliphatic heterocycles. The number of aryl methyl sites for hydroxylation is 2. The molecule has 0 aliphatic carbocycles. The second kappa shape index (κ2) is 8.67. The van der Waals surface area contributed by atoms with E-state index in [1.165, 1.54) is 11.8 Å². The third kappa shape index (κ3) is 5.17. The molecule has 142 valence electrons. The van der Waals surface area contributed by atoms with Crippen LogP contribution >= 0.6 is 23.4 Å². The molecule has 7 heteroatoms. The highest BCUT2D eigenvalue weighted by atomic mass is 35.5. The molecule has 1 atom stereocenters. The van der Waals surface area contributed by atoms with Crippen molar-refractivity contribution in [1.29, 1.82) is 0 Å². The molecule has 2 heterocycles. The SMILES string of the molecule is Cc1cc(CNC(=O)C(C)SCc2ncc(-c3ccc(Cl)cc3)o2)c(C)o1. The van der Waals surface area contributed by atoms with Crippen LogP contribution in [0.3, 0.4) is 0 Å². The van der Waals surface area contributed by atoms with Gasteiger partial charge < -0.3 is 14.2 Å². The molecule has 27 heavy (non-hydrogen) atoms. The highest BCUT2D eigenvalue weighted by molar-refractivity contribution is 7.99. The predicted octanol–water partition coefficient (Wildman–Crippen LogP) is 5.14. The van der Waals surface area contributed by atoms with Gasteiger partial charge in [0.1, 0.15) is 11.5 Å². The van der Waals surface area contributed by atoms with Crippen molar-refractivity contribution < 1.29 is 13.6 Å². The number of carbonyl (C=O) groups excluding carboxylic acids is 1. The fourth-order valence-corrected chi connectivity index (χ4v) is 3.47. The standard InChI is InChI=1S/C20H21ClN2O3S/c1-12-8-16(13(2)25-12)9-23-20(24)14(3)27-11-19-22-10-18(26-19)15-4-6-17(21)7-5-15/h4-8,10,14H,9,11H2,1-3H3,(H,23,24). The van der Waals surface area contributed by atoms with Crippen molar-refractivity contribution in [2.24, 2.45) is 0 Å². The Morgan fingerprint density at radius 1 is 1.26 bits per heavy atom. The molecule has 0 saturated carbocycles. The number of rotatable bonds is 7. The number of aromatic nitrogens is 1. The molecular formula is C20H21ClN2O3S. The van der Waals surface area contributed by atoms with Gasteiger partial charge in [-0.1, -0.05) is 11.6 Å². The van der Waals surface area contributed by atoms with Gasteiger partial charge in [-0.25, -0.2) is 4.98 Å². The van der Waals surface area contributed by atoms with Crippen LogP contribution in [0, 0.1) is 13.8 Å². The lowest BCUT2D eigenvalue weighted by Gasteiger charge is -2.10. The molecule has 3 rings (SSSR count). The van der Waals surface area contributed by atoms with Gasteiger partial charge in [0.2, 0.25) is 11.8 Å². The molecule has 1 unspecified atom stereocenters. The van der Waals surface area contributed by atoms with Crippen LogP contribution in [0.5, 0.6) is 0 Å². The third-order valence-electron chi connectivity index (χ3n) is 4.11. The van der Waals surface area contributed by atoms with E-state index in [2.05, 4.69) is 10.3 Å². The molecule has 0 spiro atoms. The quantitative estimate of drug-likeness (QED) is 0.590. The Labute approximate surface area is 167 Å². The van der Waals surface area contributed by atoms with Crippen LogP contribution in [0.2, 0.25) is 5.02 Å². The van der Waals surface area contributed by atoms with Gasteiger partial charge in [0, 0.05) is 22.7 Å². The number of nitrogens with one attached hydrogen (secondary N) is 1. The normalized spacial score (nSPS) is 12.1. The van der Waals surface area contributed by atoms with Gasteiger partial charge in [0.05, 0.1) is 17.2 Å². The monoisotopic (exact) mass is 404 g/mol. The first-order chi connectivity index (χ1) is 12.9. The van der Waals surface area contributed by atoms with E-state index in [4.69, 9.17) is 20.4 Å². The van der Waals surface area contributed by atoms with Crippen LogP contribution in [-0.4, -0.2) is 16.1 Å². The molecule has 0 aliphatic rings. The van der Waals surface area contributed by atoms with Crippen LogP contribution in [-0.2, 0) is 17.1 Å². The van der Waals surface area contributed by atoms with E-state index in [1.54, 1.807) is 6.20 Å². The summed E-state index contributed by atoms with van der Waals surface area (Å²) < 4.78 is 11.2. The fraction of sp³-hybridized carbons (Fsp3) is 0.300. The van der Waals surface area contributed by atoms with Crippen molar-refractivity contribution in [3.05, 3.63) is 64.5 Å². The first kappa shape index (κ1) is 19.6. The Bertz CT molecular complexity index is 918. The van der Waals surface area contributed by atoms with Gasteiger partial charge in [0.25, 0.3) is 0 Å². The van der Waals surface area contributed by atoms with Crippen LogP contribution in [0.15, 0.2) is 45.4 Å². The first-order valence-corrected chi connectivity index (χ1v) is 10.0. The fourth-order valence-electron chi connectivity index (χ4n) is 2.58. The number of furan rings is 1. The summed E-state index contributed by atoms with van der Waals surface area (Å²) in [5, 5.41) is 3.40. The summed E-state index contributed by atoms with van der Waals surface area (Å²) >= 11 is 7.38. The summed E-state index contributed by atoms with van der Waals surface area (Å²) in [4.78, 5) is 16.6. The summed E-state index contributed by atoms with van der Waals surface area (Å²) in [6.07, 6.45) is 1.69. The summed E-state index contributed by atoms with van der Waals surface area (Å²) in [5.41, 5.74) is 1.91. The van der Waals surface area contributed by atoms with Gasteiger partial charge in [-0.05, 0) is 51.1 Å². The van der Waals surface area contributed by atoms with Crippen molar-refractivity contribution in [2.75, 3.05) is 0 Å². The molecule has 3 aromatic rings. The number of amides is 1. The summed E-state index contributed by atoms with van der Waals surface area (Å²) in [5.74, 6) is 3.45. The molecular weight excluding hydrogens is 384 g/mol. The maximum Gasteiger partial charge on any atom is 0.233 e. The largest absolute Gasteiger partial charge is 0.466 e. The van der Waals surface area contributed by atoms with E-state index in [9.17, 15) is 4.79 Å². The zero-order valence-electron chi connectivity index (χ0n) is 15.4. The molecule has 0 fully saturated rings. The van der Waals surface area contributed by atoms with Crippen molar-refractivity contribution >= 4 is 29.3 Å². The smallest absolute Gasteiger partial charge is 0.233 e. The van der Waals surface area contributed by atoms with Crippen LogP contribution in [0.1, 0.15) is 29.9 Å². The zero-order valence-corrected chi connectivity index (χ0v) is 17.0. The zero-order chi connectivity index (χ0) is 19.4. The van der Waals surface area contributed by atoms with Crippen molar-refractivity contribution in [3.63, 3.8) is 0 Å². The Morgan fingerprint density at radius 2 is 2.00 bits per heavy atom. The van der Waals surface area contributed by atoms with Crippen molar-refractivity contribution in [2.45, 2.75) is 38.3 Å². The Morgan fingerprint density at radius 3 is 2.67 bits per heavy atom. The molecule has 1 N–H and O–H groups in total. The van der Waals surface area contributed by atoms with E-state index < -0.39 is 0 Å². The number of nitrogens with zero attached hydrogens (tertiary/aromatic N) is 1. The summed E-state index contributed by atoms with van der Waals surface area (Å²) in [7, 11) is 0. The van der Waals surface area contributed by atoms with Crippen LogP contribution in [0.25, 0.3) is 11.3 Å². The highest BCUT2D eigenvalue weighted by Crippen LogP contribution is 2.25. The van der Waals surface area contributed by atoms with E-state index in [0.717, 1.165) is 22.6 Å². The minimum absolute atomic E-state index is 0.0252. The van der Waals surface area contributed by atoms with Crippen molar-refractivity contribution in [1.82, 2.24) is 10.3 Å². The van der Waals surface area contributed by atoms with E-state index in [-0.39, 0.29) is 11.2 Å². The van der Waals surface area contributed by atoms with Gasteiger partial charge in [0.15, 0.2) is 5.76 Å². The number of hydrogen-bond donors (Lipinski definition) is 1. The van der Waals surface area contributed by atoms with Crippen LogP contribution < -0.4 is 5.32 Å².